The summed E-state index contributed by atoms with van der Waals surface area (Å²) < 4.78 is 44.6. The molecule has 3 rings (SSSR count). The molecule has 158 valence electrons. The van der Waals surface area contributed by atoms with Crippen molar-refractivity contribution in [1.29, 1.82) is 0 Å². The second kappa shape index (κ2) is 8.71. The number of quaternary nitrogens is 1. The smallest absolute Gasteiger partial charge is 0.418 e. The van der Waals surface area contributed by atoms with Gasteiger partial charge < -0.3 is 14.6 Å². The molecule has 5 nitrogen and oxygen atoms in total. The van der Waals surface area contributed by atoms with E-state index in [1.165, 1.54) is 24.3 Å². The number of carbonyl (C=O) groups excluding carboxylic acids is 1. The van der Waals surface area contributed by atoms with Gasteiger partial charge in [-0.15, -0.1) is 0 Å². The zero-order valence-electron chi connectivity index (χ0n) is 16.6. The molecule has 1 aromatic heterocycles. The molecule has 2 aromatic carbocycles. The van der Waals surface area contributed by atoms with Gasteiger partial charge in [0.2, 0.25) is 0 Å². The molecule has 0 radical (unpaired) electrons. The lowest BCUT2D eigenvalue weighted by Crippen LogP contribution is -3.08. The van der Waals surface area contributed by atoms with E-state index in [9.17, 15) is 22.8 Å². The first-order chi connectivity index (χ1) is 14.2. The van der Waals surface area contributed by atoms with Crippen molar-refractivity contribution in [2.45, 2.75) is 26.1 Å². The van der Waals surface area contributed by atoms with Crippen LogP contribution in [0.15, 0.2) is 57.7 Å². The maximum absolute atomic E-state index is 13.1. The highest BCUT2D eigenvalue weighted by Crippen LogP contribution is 2.34. The summed E-state index contributed by atoms with van der Waals surface area (Å²) in [5.74, 6) is -0.551. The number of likely N-dealkylation sites (N-methyl/N-ethyl adjacent to an activating group) is 1. The molecular formula is C22H22F3N2O3+. The molecule has 1 heterocycles. The van der Waals surface area contributed by atoms with E-state index in [-0.39, 0.29) is 12.2 Å². The lowest BCUT2D eigenvalue weighted by Gasteiger charge is -2.17. The summed E-state index contributed by atoms with van der Waals surface area (Å²) >= 11 is 0. The first kappa shape index (κ1) is 21.6. The fourth-order valence-electron chi connectivity index (χ4n) is 3.34. The number of para-hydroxylation sites is 1. The first-order valence-corrected chi connectivity index (χ1v) is 9.50. The largest absolute Gasteiger partial charge is 0.423 e. The zero-order valence-corrected chi connectivity index (χ0v) is 16.6. The number of carbonyl (C=O) groups is 1. The SMILES string of the molecule is CCc1ccc2c(C[NH+](C)CC(=O)Nc3ccccc3C(F)(F)F)cc(=O)oc2c1. The third-order valence-electron chi connectivity index (χ3n) is 4.76. The van der Waals surface area contributed by atoms with Crippen LogP contribution < -0.4 is 15.8 Å². The molecule has 0 bridgehead atoms. The van der Waals surface area contributed by atoms with Crippen LogP contribution in [0.1, 0.15) is 23.6 Å². The van der Waals surface area contributed by atoms with Crippen LogP contribution in [-0.2, 0) is 23.9 Å². The Morgan fingerprint density at radius 2 is 1.87 bits per heavy atom. The van der Waals surface area contributed by atoms with Crippen molar-refractivity contribution in [2.75, 3.05) is 18.9 Å². The van der Waals surface area contributed by atoms with Crippen molar-refractivity contribution < 1.29 is 27.3 Å². The lowest BCUT2D eigenvalue weighted by atomic mass is 10.1. The van der Waals surface area contributed by atoms with Crippen LogP contribution in [0.2, 0.25) is 0 Å². The molecule has 0 spiro atoms. The Morgan fingerprint density at radius 1 is 1.13 bits per heavy atom. The van der Waals surface area contributed by atoms with E-state index in [1.54, 1.807) is 7.05 Å². The number of aryl methyl sites for hydroxylation is 1. The minimum Gasteiger partial charge on any atom is -0.423 e. The number of hydrogen-bond donors (Lipinski definition) is 2. The van der Waals surface area contributed by atoms with E-state index in [0.29, 0.717) is 22.6 Å². The Bertz CT molecular complexity index is 1120. The number of alkyl halides is 3. The monoisotopic (exact) mass is 419 g/mol. The summed E-state index contributed by atoms with van der Waals surface area (Å²) in [4.78, 5) is 25.0. The summed E-state index contributed by atoms with van der Waals surface area (Å²) in [6.45, 7) is 2.26. The first-order valence-electron chi connectivity index (χ1n) is 9.50. The van der Waals surface area contributed by atoms with E-state index >= 15 is 0 Å². The van der Waals surface area contributed by atoms with Gasteiger partial charge >= 0.3 is 11.8 Å². The predicted octanol–water partition coefficient (Wildman–Crippen LogP) is 3.03. The quantitative estimate of drug-likeness (QED) is 0.604. The summed E-state index contributed by atoms with van der Waals surface area (Å²) in [6.07, 6.45) is -3.76. The van der Waals surface area contributed by atoms with E-state index in [1.807, 2.05) is 25.1 Å². The van der Waals surface area contributed by atoms with Gasteiger partial charge in [0.15, 0.2) is 6.54 Å². The average Bonchev–Trinajstić information content (AvgIpc) is 2.66. The van der Waals surface area contributed by atoms with Gasteiger partial charge in [0.05, 0.1) is 18.3 Å². The molecule has 0 saturated carbocycles. The van der Waals surface area contributed by atoms with Crippen LogP contribution in [0, 0.1) is 0 Å². The van der Waals surface area contributed by atoms with Gasteiger partial charge in [-0.1, -0.05) is 31.2 Å². The molecule has 0 aliphatic heterocycles. The van der Waals surface area contributed by atoms with Crippen molar-refractivity contribution in [3.8, 4) is 0 Å². The number of anilines is 1. The van der Waals surface area contributed by atoms with Gasteiger partial charge in [0.1, 0.15) is 12.1 Å². The van der Waals surface area contributed by atoms with Gasteiger partial charge in [-0.2, -0.15) is 13.2 Å². The molecule has 8 heteroatoms. The maximum atomic E-state index is 13.1. The second-order valence-corrected chi connectivity index (χ2v) is 7.18. The predicted molar refractivity (Wildman–Crippen MR) is 107 cm³/mol. The Labute approximate surface area is 171 Å². The molecule has 30 heavy (non-hydrogen) atoms. The van der Waals surface area contributed by atoms with E-state index in [0.717, 1.165) is 23.4 Å². The van der Waals surface area contributed by atoms with Crippen molar-refractivity contribution >= 4 is 22.6 Å². The van der Waals surface area contributed by atoms with Gasteiger partial charge in [0, 0.05) is 17.0 Å². The zero-order chi connectivity index (χ0) is 21.9. The number of fused-ring (bicyclic) bond motifs is 1. The maximum Gasteiger partial charge on any atom is 0.418 e. The number of hydrogen-bond acceptors (Lipinski definition) is 3. The molecule has 0 aliphatic rings. The topological polar surface area (TPSA) is 63.8 Å². The minimum absolute atomic E-state index is 0.0685. The van der Waals surface area contributed by atoms with Crippen molar-refractivity contribution in [3.63, 3.8) is 0 Å². The van der Waals surface area contributed by atoms with Gasteiger partial charge in [-0.25, -0.2) is 4.79 Å². The summed E-state index contributed by atoms with van der Waals surface area (Å²) in [7, 11) is 1.73. The molecule has 1 amide bonds. The third-order valence-corrected chi connectivity index (χ3v) is 4.76. The summed E-state index contributed by atoms with van der Waals surface area (Å²) in [5.41, 5.74) is 0.571. The Balaban J connectivity index is 1.74. The molecular weight excluding hydrogens is 397 g/mol. The van der Waals surface area contributed by atoms with Gasteiger partial charge in [0.25, 0.3) is 5.91 Å². The Kier molecular flexibility index (Phi) is 6.26. The highest BCUT2D eigenvalue weighted by atomic mass is 19.4. The summed E-state index contributed by atoms with van der Waals surface area (Å²) in [5, 5.41) is 3.11. The van der Waals surface area contributed by atoms with Crippen LogP contribution in [0.5, 0.6) is 0 Å². The number of nitrogens with one attached hydrogen (secondary N) is 2. The molecule has 0 fully saturated rings. The standard InChI is InChI=1S/C22H21F3N2O3/c1-3-14-8-9-16-15(11-21(29)30-19(16)10-14)12-27(2)13-20(28)26-18-7-5-4-6-17(18)22(23,24)25/h4-11H,3,12-13H2,1-2H3,(H,26,28)/p+1. The van der Waals surface area contributed by atoms with Crippen molar-refractivity contribution in [2.24, 2.45) is 0 Å². The Hall–Kier alpha value is -3.13. The average molecular weight is 419 g/mol. The van der Waals surface area contributed by atoms with Crippen LogP contribution in [0.4, 0.5) is 18.9 Å². The second-order valence-electron chi connectivity index (χ2n) is 7.18. The highest BCUT2D eigenvalue weighted by Gasteiger charge is 2.33. The van der Waals surface area contributed by atoms with E-state index in [4.69, 9.17) is 4.42 Å². The van der Waals surface area contributed by atoms with Crippen LogP contribution in [-0.4, -0.2) is 19.5 Å². The number of rotatable bonds is 6. The highest BCUT2D eigenvalue weighted by molar-refractivity contribution is 5.92. The van der Waals surface area contributed by atoms with E-state index < -0.39 is 23.3 Å². The van der Waals surface area contributed by atoms with Crippen LogP contribution in [0.25, 0.3) is 11.0 Å². The van der Waals surface area contributed by atoms with Gasteiger partial charge in [-0.3, -0.25) is 4.79 Å². The van der Waals surface area contributed by atoms with Crippen molar-refractivity contribution in [3.05, 3.63) is 75.6 Å². The van der Waals surface area contributed by atoms with Crippen LogP contribution in [0.3, 0.4) is 0 Å². The number of amides is 1. The van der Waals surface area contributed by atoms with Gasteiger partial charge in [-0.05, 0) is 30.2 Å². The molecule has 0 aliphatic carbocycles. The molecule has 1 atom stereocenters. The summed E-state index contributed by atoms with van der Waals surface area (Å²) in [6, 6.07) is 11.9. The molecule has 3 aromatic rings. The fraction of sp³-hybridized carbons (Fsp3) is 0.273. The van der Waals surface area contributed by atoms with Crippen LogP contribution >= 0.6 is 0 Å². The van der Waals surface area contributed by atoms with Crippen molar-refractivity contribution in [1.82, 2.24) is 0 Å². The number of halogens is 3. The van der Waals surface area contributed by atoms with E-state index in [2.05, 4.69) is 5.32 Å². The minimum atomic E-state index is -4.56. The lowest BCUT2D eigenvalue weighted by molar-refractivity contribution is -0.885. The molecule has 2 N–H and O–H groups in total. The third kappa shape index (κ3) is 5.07. The number of benzene rings is 2. The molecule has 1 unspecified atom stereocenters. The Morgan fingerprint density at radius 3 is 2.57 bits per heavy atom. The normalized spacial score (nSPS) is 12.7. The molecule has 0 saturated heterocycles. The fourth-order valence-corrected chi connectivity index (χ4v) is 3.34.